The van der Waals surface area contributed by atoms with E-state index < -0.39 is 10.9 Å². The highest BCUT2D eigenvalue weighted by molar-refractivity contribution is 5.89. The summed E-state index contributed by atoms with van der Waals surface area (Å²) in [6.45, 7) is 3.31. The van der Waals surface area contributed by atoms with Crippen LogP contribution >= 0.6 is 0 Å². The van der Waals surface area contributed by atoms with Gasteiger partial charge in [0.1, 0.15) is 5.69 Å². The second kappa shape index (κ2) is 5.20. The summed E-state index contributed by atoms with van der Waals surface area (Å²) in [5, 5.41) is 20.1. The third kappa shape index (κ3) is 2.66. The Morgan fingerprint density at radius 1 is 1.19 bits per heavy atom. The zero-order valence-electron chi connectivity index (χ0n) is 11.4. The lowest BCUT2D eigenvalue weighted by Crippen LogP contribution is -2.13. The minimum absolute atomic E-state index is 0.165. The van der Waals surface area contributed by atoms with E-state index in [9.17, 15) is 19.7 Å². The van der Waals surface area contributed by atoms with Crippen LogP contribution in [-0.2, 0) is 0 Å². The first-order valence-electron chi connectivity index (χ1n) is 6.03. The molecule has 0 radical (unpaired) electrons. The van der Waals surface area contributed by atoms with Gasteiger partial charge in [-0.05, 0) is 26.0 Å². The molecule has 1 N–H and O–H groups in total. The van der Waals surface area contributed by atoms with Gasteiger partial charge in [0.2, 0.25) is 0 Å². The molecule has 108 valence electrons. The number of pyridine rings is 1. The molecule has 0 saturated carbocycles. The molecule has 0 fully saturated rings. The predicted octanol–water partition coefficient (Wildman–Crippen LogP) is 2.06. The van der Waals surface area contributed by atoms with Crippen molar-refractivity contribution in [3.63, 3.8) is 0 Å². The van der Waals surface area contributed by atoms with E-state index in [-0.39, 0.29) is 22.4 Å². The van der Waals surface area contributed by atoms with Gasteiger partial charge in [-0.15, -0.1) is 0 Å². The quantitative estimate of drug-likeness (QED) is 0.687. The molecule has 2 rings (SSSR count). The number of nitro groups is 1. The van der Waals surface area contributed by atoms with Crippen LogP contribution in [0, 0.1) is 24.0 Å². The Morgan fingerprint density at radius 2 is 1.76 bits per heavy atom. The van der Waals surface area contributed by atoms with Gasteiger partial charge in [0.15, 0.2) is 5.43 Å². The highest BCUT2D eigenvalue weighted by atomic mass is 16.6. The summed E-state index contributed by atoms with van der Waals surface area (Å²) < 4.78 is 1.55. The maximum atomic E-state index is 11.4. The maximum Gasteiger partial charge on any atom is 0.335 e. The van der Waals surface area contributed by atoms with Gasteiger partial charge >= 0.3 is 5.97 Å². The number of carboxylic acid groups (broad SMARTS) is 1. The summed E-state index contributed by atoms with van der Waals surface area (Å²) in [6, 6.07) is 6.39. The lowest BCUT2D eigenvalue weighted by Gasteiger charge is -2.14. The fourth-order valence-electron chi connectivity index (χ4n) is 2.23. The van der Waals surface area contributed by atoms with Crippen LogP contribution in [0.5, 0.6) is 0 Å². The number of carbonyl (C=O) groups is 1. The Morgan fingerprint density at radius 3 is 2.24 bits per heavy atom. The molecule has 7 heteroatoms. The average Bonchev–Trinajstić information content (AvgIpc) is 2.37. The van der Waals surface area contributed by atoms with E-state index in [2.05, 4.69) is 0 Å². The second-order valence-electron chi connectivity index (χ2n) is 4.57. The lowest BCUT2D eigenvalue weighted by molar-refractivity contribution is -0.384. The van der Waals surface area contributed by atoms with Gasteiger partial charge in [-0.2, -0.15) is 0 Å². The second-order valence-corrected chi connectivity index (χ2v) is 4.57. The predicted molar refractivity (Wildman–Crippen MR) is 75.1 cm³/mol. The van der Waals surface area contributed by atoms with Crippen LogP contribution in [0.1, 0.15) is 21.7 Å². The standard InChI is InChI=1S/C14H12N2O5/c1-8-5-11(17)6-9(2)15(8)12-4-3-10(14(18)19)7-13(12)16(20)21/h3-7H,1-2H3,(H,18,19). The van der Waals surface area contributed by atoms with Gasteiger partial charge < -0.3 is 9.67 Å². The molecule has 0 bridgehead atoms. The first kappa shape index (κ1) is 14.4. The van der Waals surface area contributed by atoms with Gasteiger partial charge in [-0.25, -0.2) is 4.79 Å². The Bertz CT molecular complexity index is 781. The molecule has 0 aliphatic heterocycles. The third-order valence-corrected chi connectivity index (χ3v) is 3.07. The average molecular weight is 288 g/mol. The summed E-state index contributed by atoms with van der Waals surface area (Å²) in [5.74, 6) is -1.24. The number of benzene rings is 1. The molecule has 21 heavy (non-hydrogen) atoms. The van der Waals surface area contributed by atoms with Gasteiger partial charge in [0.05, 0.1) is 10.5 Å². The topological polar surface area (TPSA) is 102 Å². The van der Waals surface area contributed by atoms with E-state index in [1.54, 1.807) is 18.4 Å². The molecule has 2 aromatic rings. The zero-order valence-corrected chi connectivity index (χ0v) is 11.4. The van der Waals surface area contributed by atoms with Gasteiger partial charge in [-0.3, -0.25) is 14.9 Å². The normalized spacial score (nSPS) is 10.4. The van der Waals surface area contributed by atoms with Gasteiger partial charge in [0, 0.05) is 29.6 Å². The summed E-state index contributed by atoms with van der Waals surface area (Å²) >= 11 is 0. The molecule has 0 saturated heterocycles. The van der Waals surface area contributed by atoms with Crippen molar-refractivity contribution in [2.75, 3.05) is 0 Å². The zero-order chi connectivity index (χ0) is 15.7. The SMILES string of the molecule is Cc1cc(=O)cc(C)n1-c1ccc(C(=O)O)cc1[N+](=O)[O-]. The van der Waals surface area contributed by atoms with Crippen LogP contribution < -0.4 is 5.43 Å². The molecular formula is C14H12N2O5. The molecule has 0 atom stereocenters. The Hall–Kier alpha value is -2.96. The lowest BCUT2D eigenvalue weighted by atomic mass is 10.1. The van der Waals surface area contributed by atoms with E-state index in [4.69, 9.17) is 5.11 Å². The summed E-state index contributed by atoms with van der Waals surface area (Å²) in [7, 11) is 0. The molecule has 7 nitrogen and oxygen atoms in total. The smallest absolute Gasteiger partial charge is 0.335 e. The van der Waals surface area contributed by atoms with Crippen molar-refractivity contribution in [1.29, 1.82) is 0 Å². The number of hydrogen-bond donors (Lipinski definition) is 1. The number of nitrogens with zero attached hydrogens (tertiary/aromatic N) is 2. The van der Waals surface area contributed by atoms with Crippen molar-refractivity contribution in [1.82, 2.24) is 4.57 Å². The number of carboxylic acids is 1. The van der Waals surface area contributed by atoms with Gasteiger partial charge in [0.25, 0.3) is 5.69 Å². The molecule has 1 heterocycles. The number of rotatable bonds is 3. The van der Waals surface area contributed by atoms with E-state index in [0.29, 0.717) is 11.4 Å². The van der Waals surface area contributed by atoms with E-state index >= 15 is 0 Å². The van der Waals surface area contributed by atoms with Crippen LogP contribution in [0.15, 0.2) is 35.1 Å². The van der Waals surface area contributed by atoms with Crippen LogP contribution in [-0.4, -0.2) is 20.6 Å². The van der Waals surface area contributed by atoms with Crippen molar-refractivity contribution < 1.29 is 14.8 Å². The van der Waals surface area contributed by atoms with Crippen molar-refractivity contribution in [2.45, 2.75) is 13.8 Å². The van der Waals surface area contributed by atoms with Crippen molar-refractivity contribution in [3.05, 3.63) is 67.6 Å². The highest BCUT2D eigenvalue weighted by Gasteiger charge is 2.20. The van der Waals surface area contributed by atoms with Crippen LogP contribution in [0.3, 0.4) is 0 Å². The molecular weight excluding hydrogens is 276 g/mol. The van der Waals surface area contributed by atoms with Crippen LogP contribution in [0.2, 0.25) is 0 Å². The number of aryl methyl sites for hydroxylation is 2. The Balaban J connectivity index is 2.78. The number of aromatic carboxylic acids is 1. The molecule has 1 aromatic carbocycles. The largest absolute Gasteiger partial charge is 0.478 e. The fourth-order valence-corrected chi connectivity index (χ4v) is 2.23. The van der Waals surface area contributed by atoms with Crippen molar-refractivity contribution in [3.8, 4) is 5.69 Å². The van der Waals surface area contributed by atoms with E-state index in [1.807, 2.05) is 0 Å². The summed E-state index contributed by atoms with van der Waals surface area (Å²) in [6.07, 6.45) is 0. The first-order valence-corrected chi connectivity index (χ1v) is 6.03. The summed E-state index contributed by atoms with van der Waals surface area (Å²) in [5.41, 5.74) is 0.606. The molecule has 0 amide bonds. The number of aromatic nitrogens is 1. The Labute approximate surface area is 119 Å². The maximum absolute atomic E-state index is 11.4. The first-order chi connectivity index (χ1) is 9.81. The highest BCUT2D eigenvalue weighted by Crippen LogP contribution is 2.26. The number of nitro benzene ring substituents is 1. The monoisotopic (exact) mass is 288 g/mol. The molecule has 1 aromatic heterocycles. The minimum Gasteiger partial charge on any atom is -0.478 e. The fraction of sp³-hybridized carbons (Fsp3) is 0.143. The molecule has 0 aliphatic rings. The minimum atomic E-state index is -1.24. The van der Waals surface area contributed by atoms with Crippen molar-refractivity contribution in [2.24, 2.45) is 0 Å². The third-order valence-electron chi connectivity index (χ3n) is 3.07. The summed E-state index contributed by atoms with van der Waals surface area (Å²) in [4.78, 5) is 32.9. The van der Waals surface area contributed by atoms with Gasteiger partial charge in [-0.1, -0.05) is 0 Å². The molecule has 0 aliphatic carbocycles. The molecule has 0 spiro atoms. The van der Waals surface area contributed by atoms with E-state index in [1.165, 1.54) is 24.3 Å². The van der Waals surface area contributed by atoms with Crippen molar-refractivity contribution >= 4 is 11.7 Å². The van der Waals surface area contributed by atoms with Crippen LogP contribution in [0.4, 0.5) is 5.69 Å². The van der Waals surface area contributed by atoms with E-state index in [0.717, 1.165) is 6.07 Å². The molecule has 0 unspecified atom stereocenters. The number of hydrogen-bond acceptors (Lipinski definition) is 4. The Kier molecular flexibility index (Phi) is 3.58. The van der Waals surface area contributed by atoms with Crippen LogP contribution in [0.25, 0.3) is 5.69 Å².